The molecule has 4 nitrogen and oxygen atoms in total. The third-order valence-corrected chi connectivity index (χ3v) is 3.14. The second-order valence-electron chi connectivity index (χ2n) is 5.66. The maximum Gasteiger partial charge on any atom is 0.251 e. The monoisotopic (exact) mass is 260 g/mol. The zero-order chi connectivity index (χ0) is 14.2. The molecule has 0 aliphatic carbocycles. The van der Waals surface area contributed by atoms with Gasteiger partial charge in [0.15, 0.2) is 0 Å². The first-order valence-corrected chi connectivity index (χ1v) is 6.30. The number of hydrogen-bond acceptors (Lipinski definition) is 3. The van der Waals surface area contributed by atoms with Crippen LogP contribution < -0.4 is 16.0 Å². The van der Waals surface area contributed by atoms with Gasteiger partial charge in [0.05, 0.1) is 12.6 Å². The van der Waals surface area contributed by atoms with Crippen molar-refractivity contribution in [1.29, 1.82) is 0 Å². The molecule has 2 rings (SSSR count). The first kappa shape index (κ1) is 13.6. The van der Waals surface area contributed by atoms with E-state index in [4.69, 9.17) is 10.5 Å². The summed E-state index contributed by atoms with van der Waals surface area (Å²) in [5.74, 6) is 0.677. The minimum Gasteiger partial charge on any atom is -0.495 e. The van der Waals surface area contributed by atoms with Crippen LogP contribution in [0.3, 0.4) is 0 Å². The van der Waals surface area contributed by atoms with Gasteiger partial charge >= 0.3 is 0 Å². The summed E-state index contributed by atoms with van der Waals surface area (Å²) in [5, 5.41) is 0.998. The van der Waals surface area contributed by atoms with Crippen molar-refractivity contribution in [2.24, 2.45) is 5.73 Å². The highest BCUT2D eigenvalue weighted by Gasteiger charge is 2.16. The Morgan fingerprint density at radius 3 is 2.63 bits per heavy atom. The minimum absolute atomic E-state index is 0.102. The molecule has 0 unspecified atom stereocenters. The van der Waals surface area contributed by atoms with Crippen LogP contribution >= 0.6 is 0 Å². The van der Waals surface area contributed by atoms with Gasteiger partial charge in [-0.25, -0.2) is 0 Å². The van der Waals surface area contributed by atoms with Crippen molar-refractivity contribution in [3.05, 3.63) is 39.7 Å². The van der Waals surface area contributed by atoms with Crippen molar-refractivity contribution in [1.82, 2.24) is 4.98 Å². The third-order valence-electron chi connectivity index (χ3n) is 3.14. The van der Waals surface area contributed by atoms with Gasteiger partial charge < -0.3 is 15.5 Å². The molecule has 0 saturated carbocycles. The van der Waals surface area contributed by atoms with Crippen LogP contribution in [-0.2, 0) is 6.42 Å². The summed E-state index contributed by atoms with van der Waals surface area (Å²) in [6, 6.07) is 5.76. The van der Waals surface area contributed by atoms with Crippen molar-refractivity contribution < 1.29 is 4.74 Å². The number of aryl methyl sites for hydroxylation is 1. The van der Waals surface area contributed by atoms with E-state index >= 15 is 0 Å². The van der Waals surface area contributed by atoms with Crippen LogP contribution in [0.4, 0.5) is 0 Å². The summed E-state index contributed by atoms with van der Waals surface area (Å²) >= 11 is 0. The van der Waals surface area contributed by atoms with Crippen LogP contribution in [-0.4, -0.2) is 17.6 Å². The van der Waals surface area contributed by atoms with E-state index < -0.39 is 5.54 Å². The number of fused-ring (bicyclic) bond motifs is 1. The smallest absolute Gasteiger partial charge is 0.251 e. The van der Waals surface area contributed by atoms with Crippen molar-refractivity contribution >= 4 is 10.9 Å². The van der Waals surface area contributed by atoms with Crippen molar-refractivity contribution in [2.75, 3.05) is 7.11 Å². The van der Waals surface area contributed by atoms with Crippen LogP contribution in [0.15, 0.2) is 23.0 Å². The Balaban J connectivity index is 2.69. The predicted octanol–water partition coefficient (Wildman–Crippen LogP) is 2.12. The molecule has 1 aromatic carbocycles. The van der Waals surface area contributed by atoms with Crippen LogP contribution in [0, 0.1) is 6.92 Å². The fourth-order valence-corrected chi connectivity index (χ4v) is 2.24. The van der Waals surface area contributed by atoms with E-state index in [1.54, 1.807) is 7.11 Å². The molecule has 0 aliphatic heterocycles. The number of H-pyrrole nitrogens is 1. The largest absolute Gasteiger partial charge is 0.495 e. The summed E-state index contributed by atoms with van der Waals surface area (Å²) < 4.78 is 5.28. The molecule has 3 N–H and O–H groups in total. The van der Waals surface area contributed by atoms with Gasteiger partial charge in [0, 0.05) is 16.5 Å². The molecular formula is C15H20N2O2. The Labute approximate surface area is 112 Å². The molecule has 0 bridgehead atoms. The molecule has 1 aromatic heterocycles. The lowest BCUT2D eigenvalue weighted by Gasteiger charge is -2.18. The topological polar surface area (TPSA) is 68.1 Å². The number of pyridine rings is 1. The fraction of sp³-hybridized carbons (Fsp3) is 0.400. The average Bonchev–Trinajstić information content (AvgIpc) is 2.30. The molecule has 0 saturated heterocycles. The number of methoxy groups -OCH3 is 1. The molecular weight excluding hydrogens is 240 g/mol. The van der Waals surface area contributed by atoms with Gasteiger partial charge in [0.1, 0.15) is 5.75 Å². The second kappa shape index (κ2) is 4.70. The van der Waals surface area contributed by atoms with Crippen molar-refractivity contribution in [3.63, 3.8) is 0 Å². The first-order chi connectivity index (χ1) is 8.81. The van der Waals surface area contributed by atoms with Gasteiger partial charge in [-0.05, 0) is 44.9 Å². The Kier molecular flexibility index (Phi) is 3.37. The van der Waals surface area contributed by atoms with Gasteiger partial charge in [-0.3, -0.25) is 4.79 Å². The van der Waals surface area contributed by atoms with E-state index in [0.29, 0.717) is 17.7 Å². The molecule has 0 atom stereocenters. The Morgan fingerprint density at radius 2 is 2.05 bits per heavy atom. The molecule has 2 aromatic rings. The lowest BCUT2D eigenvalue weighted by atomic mass is 9.95. The molecule has 4 heteroatoms. The summed E-state index contributed by atoms with van der Waals surface area (Å²) in [6.07, 6.45) is 0.537. The molecule has 0 radical (unpaired) electrons. The predicted molar refractivity (Wildman–Crippen MR) is 77.8 cm³/mol. The summed E-state index contributed by atoms with van der Waals surface area (Å²) in [4.78, 5) is 15.0. The molecule has 0 aliphatic rings. The number of aromatic nitrogens is 1. The number of rotatable bonds is 3. The Hall–Kier alpha value is -1.81. The van der Waals surface area contributed by atoms with E-state index in [-0.39, 0.29) is 5.56 Å². The van der Waals surface area contributed by atoms with Crippen LogP contribution in [0.1, 0.15) is 25.0 Å². The van der Waals surface area contributed by atoms with Gasteiger partial charge in [-0.2, -0.15) is 0 Å². The van der Waals surface area contributed by atoms with Crippen LogP contribution in [0.2, 0.25) is 0 Å². The number of hydrogen-bond donors (Lipinski definition) is 2. The third kappa shape index (κ3) is 2.79. The quantitative estimate of drug-likeness (QED) is 0.888. The highest BCUT2D eigenvalue weighted by molar-refractivity contribution is 5.87. The maximum atomic E-state index is 12.1. The van der Waals surface area contributed by atoms with E-state index in [1.807, 2.05) is 39.0 Å². The lowest BCUT2D eigenvalue weighted by Crippen LogP contribution is -2.36. The Morgan fingerprint density at radius 1 is 1.37 bits per heavy atom. The second-order valence-corrected chi connectivity index (χ2v) is 5.66. The molecule has 0 amide bonds. The Bertz CT molecular complexity index is 666. The SMILES string of the molecule is COc1ccc(C)c2cc(CC(C)(C)N)c(=O)[nH]c12. The highest BCUT2D eigenvalue weighted by Crippen LogP contribution is 2.26. The summed E-state index contributed by atoms with van der Waals surface area (Å²) in [5.41, 5.74) is 8.03. The van der Waals surface area contributed by atoms with Gasteiger partial charge in [-0.1, -0.05) is 6.07 Å². The van der Waals surface area contributed by atoms with Crippen LogP contribution in [0.5, 0.6) is 5.75 Å². The molecule has 102 valence electrons. The number of ether oxygens (including phenoxy) is 1. The van der Waals surface area contributed by atoms with E-state index in [1.165, 1.54) is 0 Å². The molecule has 0 spiro atoms. The fourth-order valence-electron chi connectivity index (χ4n) is 2.24. The van der Waals surface area contributed by atoms with Gasteiger partial charge in [0.2, 0.25) is 0 Å². The number of nitrogens with one attached hydrogen (secondary N) is 1. The average molecular weight is 260 g/mol. The van der Waals surface area contributed by atoms with E-state index in [2.05, 4.69) is 4.98 Å². The first-order valence-electron chi connectivity index (χ1n) is 6.30. The van der Waals surface area contributed by atoms with E-state index in [9.17, 15) is 4.79 Å². The number of aromatic amines is 1. The van der Waals surface area contributed by atoms with E-state index in [0.717, 1.165) is 16.5 Å². The van der Waals surface area contributed by atoms with Gasteiger partial charge in [-0.15, -0.1) is 0 Å². The number of benzene rings is 1. The standard InChI is InChI=1S/C15H20N2O2/c1-9-5-6-12(19-4)13-11(9)7-10(14(18)17-13)8-15(2,3)16/h5-7H,8,16H2,1-4H3,(H,17,18). The minimum atomic E-state index is -0.409. The highest BCUT2D eigenvalue weighted by atomic mass is 16.5. The summed E-state index contributed by atoms with van der Waals surface area (Å²) in [6.45, 7) is 5.83. The number of nitrogens with two attached hydrogens (primary N) is 1. The molecule has 0 fully saturated rings. The zero-order valence-corrected chi connectivity index (χ0v) is 11.8. The van der Waals surface area contributed by atoms with Crippen molar-refractivity contribution in [2.45, 2.75) is 32.7 Å². The molecule has 19 heavy (non-hydrogen) atoms. The summed E-state index contributed by atoms with van der Waals surface area (Å²) in [7, 11) is 1.60. The zero-order valence-electron chi connectivity index (χ0n) is 11.8. The maximum absolute atomic E-state index is 12.1. The normalized spacial score (nSPS) is 11.8. The van der Waals surface area contributed by atoms with Gasteiger partial charge in [0.25, 0.3) is 5.56 Å². The van der Waals surface area contributed by atoms with Crippen LogP contribution in [0.25, 0.3) is 10.9 Å². The lowest BCUT2D eigenvalue weighted by molar-refractivity contribution is 0.418. The van der Waals surface area contributed by atoms with Crippen molar-refractivity contribution in [3.8, 4) is 5.75 Å². The molecule has 1 heterocycles.